The molecule has 0 atom stereocenters. The Hall–Kier alpha value is 1.48. The smallest absolute Gasteiger partial charge is 0.338 e. The van der Waals surface area contributed by atoms with Crippen LogP contribution in [-0.4, -0.2) is 27.3 Å². The first-order valence-electron chi connectivity index (χ1n) is 1.48. The van der Waals surface area contributed by atoms with Gasteiger partial charge in [0.05, 0.1) is 0 Å². The van der Waals surface area contributed by atoms with Gasteiger partial charge in [0.15, 0.2) is 0 Å². The zero-order chi connectivity index (χ0) is 9.00. The van der Waals surface area contributed by atoms with Crippen LogP contribution in [0.1, 0.15) is 0 Å². The standard InChI is InChI=1S/Mo.H2O4S.H3O2PS2/c;1-5(2,3)4;1-3(2,4)5/h;(H2,1,2,3,4);(H3,1,2,4,5). The summed E-state index contributed by atoms with van der Waals surface area (Å²) in [6.45, 7) is 0. The van der Waals surface area contributed by atoms with Gasteiger partial charge in [0.2, 0.25) is 5.69 Å². The van der Waals surface area contributed by atoms with Crippen molar-refractivity contribution < 1.29 is 48.4 Å². The van der Waals surface area contributed by atoms with Gasteiger partial charge in [-0.15, -0.1) is 0 Å². The van der Waals surface area contributed by atoms with Gasteiger partial charge >= 0.3 is 10.4 Å². The number of hydrogen-bond acceptors (Lipinski definition) is 3. The van der Waals surface area contributed by atoms with Crippen LogP contribution in [0, 0.1) is 0 Å². The van der Waals surface area contributed by atoms with Crippen LogP contribution in [-0.2, 0) is 43.3 Å². The first-order chi connectivity index (χ1) is 4.00. The molecule has 0 aliphatic rings. The molecular formula is H5MoO6PS3. The van der Waals surface area contributed by atoms with Crippen LogP contribution in [0.5, 0.6) is 0 Å². The zero-order valence-corrected chi connectivity index (χ0v) is 10.2. The van der Waals surface area contributed by atoms with E-state index in [4.69, 9.17) is 27.3 Å². The Kier molecular flexibility index (Phi) is 11.5. The summed E-state index contributed by atoms with van der Waals surface area (Å²) >= 11 is 7.07. The Morgan fingerprint density at radius 1 is 1.27 bits per heavy atom. The molecule has 0 aromatic rings. The second-order valence-electron chi connectivity index (χ2n) is 0.961. The van der Waals surface area contributed by atoms with Crippen molar-refractivity contribution in [1.29, 1.82) is 0 Å². The van der Waals surface area contributed by atoms with Crippen molar-refractivity contribution in [3.05, 3.63) is 0 Å². The van der Waals surface area contributed by atoms with Crippen LogP contribution in [0.2, 0.25) is 0 Å². The van der Waals surface area contributed by atoms with Crippen LogP contribution in [0.4, 0.5) is 0 Å². The minimum atomic E-state index is -4.67. The molecule has 0 bridgehead atoms. The quantitative estimate of drug-likeness (QED) is 0.176. The molecule has 0 radical (unpaired) electrons. The maximum atomic E-state index is 8.74. The van der Waals surface area contributed by atoms with E-state index in [1.54, 1.807) is 0 Å². The molecule has 11 heavy (non-hydrogen) atoms. The molecule has 6 nitrogen and oxygen atoms in total. The number of rotatable bonds is 0. The molecule has 4 N–H and O–H groups in total. The summed E-state index contributed by atoms with van der Waals surface area (Å²) in [6.07, 6.45) is 0. The third-order valence-corrected chi connectivity index (χ3v) is 0. The van der Waals surface area contributed by atoms with Crippen LogP contribution >= 0.6 is 17.9 Å². The van der Waals surface area contributed by atoms with Gasteiger partial charge in [-0.2, -0.15) is 8.42 Å². The van der Waals surface area contributed by atoms with Crippen molar-refractivity contribution in [2.75, 3.05) is 0 Å². The number of hydrogen-bond donors (Lipinski definition) is 5. The largest absolute Gasteiger partial charge is 0.394 e. The van der Waals surface area contributed by atoms with Crippen LogP contribution < -0.4 is 0 Å². The van der Waals surface area contributed by atoms with Crippen LogP contribution in [0.3, 0.4) is 0 Å². The first kappa shape index (κ1) is 18.3. The van der Waals surface area contributed by atoms with E-state index in [0.717, 1.165) is 0 Å². The van der Waals surface area contributed by atoms with E-state index in [1.165, 1.54) is 0 Å². The molecule has 0 aliphatic carbocycles. The average molecular weight is 324 g/mol. The molecule has 11 heteroatoms. The molecule has 0 spiro atoms. The second-order valence-corrected chi connectivity index (χ2v) is 6.90. The third-order valence-electron chi connectivity index (χ3n) is 0. The summed E-state index contributed by atoms with van der Waals surface area (Å²) in [5.41, 5.74) is -3.11. The maximum Gasteiger partial charge on any atom is 0.394 e. The molecule has 0 heterocycles. The topological polar surface area (TPSA) is 115 Å². The molecule has 70 valence electrons. The van der Waals surface area contributed by atoms with Gasteiger partial charge in [0, 0.05) is 21.1 Å². The van der Waals surface area contributed by atoms with Gasteiger partial charge in [-0.25, -0.2) is 0 Å². The van der Waals surface area contributed by atoms with E-state index < -0.39 is 16.1 Å². The van der Waals surface area contributed by atoms with Gasteiger partial charge in [-0.1, -0.05) is 12.2 Å². The van der Waals surface area contributed by atoms with E-state index in [2.05, 4.69) is 24.1 Å². The van der Waals surface area contributed by atoms with E-state index >= 15 is 0 Å². The Balaban J connectivity index is -0.000000107. The van der Waals surface area contributed by atoms with E-state index in [9.17, 15) is 0 Å². The van der Waals surface area contributed by atoms with Gasteiger partial charge in [0.1, 0.15) is 0 Å². The van der Waals surface area contributed by atoms with E-state index in [1.807, 2.05) is 0 Å². The molecule has 0 aromatic heterocycles. The Morgan fingerprint density at radius 2 is 1.27 bits per heavy atom. The van der Waals surface area contributed by atoms with Crippen molar-refractivity contribution in [2.24, 2.45) is 0 Å². The minimum Gasteiger partial charge on any atom is -0.338 e. The Labute approximate surface area is 88.2 Å². The van der Waals surface area contributed by atoms with E-state index in [-0.39, 0.29) is 21.1 Å². The van der Waals surface area contributed by atoms with Gasteiger partial charge < -0.3 is 9.79 Å². The SMILES string of the molecule is O=S(=O)(O)O.OP(O)(=S)S.[Mo]. The molecule has 0 amide bonds. The fraction of sp³-hybridized carbons (Fsp3) is 0. The predicted molar refractivity (Wildman–Crippen MR) is 41.9 cm³/mol. The van der Waals surface area contributed by atoms with Crippen LogP contribution in [0.25, 0.3) is 0 Å². The fourth-order valence-electron chi connectivity index (χ4n) is 0. The predicted octanol–water partition coefficient (Wildman–Crippen LogP) is -0.530. The van der Waals surface area contributed by atoms with Crippen molar-refractivity contribution in [2.45, 2.75) is 0 Å². The summed E-state index contributed by atoms with van der Waals surface area (Å²) in [7, 11) is -4.67. The zero-order valence-electron chi connectivity index (χ0n) is 4.72. The summed E-state index contributed by atoms with van der Waals surface area (Å²) in [5, 5.41) is 0. The molecule has 0 saturated carbocycles. The number of thiol groups is 1. The summed E-state index contributed by atoms with van der Waals surface area (Å²) < 4.78 is 31.6. The molecule has 0 rings (SSSR count). The van der Waals surface area contributed by atoms with Gasteiger partial charge in [-0.3, -0.25) is 9.11 Å². The summed E-state index contributed by atoms with van der Waals surface area (Å²) in [6, 6.07) is 0. The molecule has 0 saturated heterocycles. The molecule has 0 unspecified atom stereocenters. The van der Waals surface area contributed by atoms with Crippen molar-refractivity contribution in [1.82, 2.24) is 0 Å². The molecule has 0 fully saturated rings. The monoisotopic (exact) mass is 326 g/mol. The fourth-order valence-corrected chi connectivity index (χ4v) is 0. The van der Waals surface area contributed by atoms with Crippen molar-refractivity contribution in [3.63, 3.8) is 0 Å². The third kappa shape index (κ3) is 472. The minimum absolute atomic E-state index is 0. The maximum absolute atomic E-state index is 8.74. The first-order valence-corrected chi connectivity index (χ1v) is 6.74. The molecule has 0 aromatic carbocycles. The van der Waals surface area contributed by atoms with Crippen LogP contribution in [0.15, 0.2) is 0 Å². The van der Waals surface area contributed by atoms with E-state index in [0.29, 0.717) is 0 Å². The van der Waals surface area contributed by atoms with Gasteiger partial charge in [0.25, 0.3) is 0 Å². The Morgan fingerprint density at radius 3 is 1.27 bits per heavy atom. The normalized spacial score (nSPS) is 10.6. The second kappa shape index (κ2) is 6.94. The van der Waals surface area contributed by atoms with Gasteiger partial charge in [-0.05, 0) is 11.8 Å². The molecular weight excluding hydrogens is 319 g/mol. The van der Waals surface area contributed by atoms with Crippen molar-refractivity contribution in [3.8, 4) is 0 Å². The summed E-state index contributed by atoms with van der Waals surface area (Å²) in [5.74, 6) is 0. The average Bonchev–Trinajstić information content (AvgIpc) is 1.12. The Bertz CT molecular complexity index is 196. The summed E-state index contributed by atoms with van der Waals surface area (Å²) in [4.78, 5) is 15.7. The molecule has 0 aliphatic heterocycles. The van der Waals surface area contributed by atoms with Crippen molar-refractivity contribution >= 4 is 40.1 Å².